The van der Waals surface area contributed by atoms with E-state index in [0.29, 0.717) is 32.8 Å². The average Bonchev–Trinajstić information content (AvgIpc) is 3.13. The molecule has 0 radical (unpaired) electrons. The summed E-state index contributed by atoms with van der Waals surface area (Å²) in [6, 6.07) is 12.1. The summed E-state index contributed by atoms with van der Waals surface area (Å²) in [5.41, 5.74) is 3.71. The van der Waals surface area contributed by atoms with Gasteiger partial charge in [-0.2, -0.15) is 0 Å². The van der Waals surface area contributed by atoms with Crippen molar-refractivity contribution in [3.63, 3.8) is 0 Å². The SMILES string of the molecule is Cc1cccc2oc(-c3ccc(/N=C/c4cc(Br)c(O)c(Br)c4O)cc3O)nc12. The van der Waals surface area contributed by atoms with Gasteiger partial charge in [0.15, 0.2) is 5.58 Å². The van der Waals surface area contributed by atoms with E-state index in [1.807, 2.05) is 25.1 Å². The second-order valence-corrected chi connectivity index (χ2v) is 8.01. The largest absolute Gasteiger partial charge is 0.507 e. The van der Waals surface area contributed by atoms with E-state index in [-0.39, 0.29) is 21.7 Å². The van der Waals surface area contributed by atoms with Gasteiger partial charge < -0.3 is 19.7 Å². The van der Waals surface area contributed by atoms with E-state index in [1.54, 1.807) is 12.1 Å². The van der Waals surface area contributed by atoms with Crippen molar-refractivity contribution < 1.29 is 19.7 Å². The zero-order valence-electron chi connectivity index (χ0n) is 15.0. The molecule has 0 unspecified atom stereocenters. The van der Waals surface area contributed by atoms with Crippen molar-refractivity contribution in [3.8, 4) is 28.7 Å². The Hall–Kier alpha value is -2.84. The van der Waals surface area contributed by atoms with E-state index in [9.17, 15) is 15.3 Å². The van der Waals surface area contributed by atoms with E-state index in [0.717, 1.165) is 11.1 Å². The number of oxazole rings is 1. The third kappa shape index (κ3) is 3.61. The number of aliphatic imine (C=N–C) groups is 1. The zero-order chi connectivity index (χ0) is 20.7. The molecule has 4 aromatic rings. The molecule has 6 nitrogen and oxygen atoms in total. The second-order valence-electron chi connectivity index (χ2n) is 6.36. The Balaban J connectivity index is 1.67. The van der Waals surface area contributed by atoms with Crippen molar-refractivity contribution in [2.75, 3.05) is 0 Å². The number of benzene rings is 3. The number of aromatic hydroxyl groups is 3. The molecule has 3 N–H and O–H groups in total. The Kier molecular flexibility index (Phi) is 5.06. The first-order chi connectivity index (χ1) is 13.8. The lowest BCUT2D eigenvalue weighted by Crippen LogP contribution is -1.86. The number of halogens is 2. The number of hydrogen-bond acceptors (Lipinski definition) is 6. The summed E-state index contributed by atoms with van der Waals surface area (Å²) in [7, 11) is 0. The lowest BCUT2D eigenvalue weighted by atomic mass is 10.1. The number of aromatic nitrogens is 1. The van der Waals surface area contributed by atoms with Gasteiger partial charge in [-0.05, 0) is 68.6 Å². The van der Waals surface area contributed by atoms with Crippen LogP contribution >= 0.6 is 31.9 Å². The standard InChI is InChI=1S/C21H14Br2N2O4/c1-10-3-2-4-16-18(10)25-21(29-16)13-6-5-12(8-15(13)26)24-9-11-7-14(22)20(28)17(23)19(11)27/h2-9,26-28H,1H3/b24-9+. The lowest BCUT2D eigenvalue weighted by Gasteiger charge is -2.06. The monoisotopic (exact) mass is 516 g/mol. The third-order valence-electron chi connectivity index (χ3n) is 4.38. The van der Waals surface area contributed by atoms with Crippen LogP contribution in [0, 0.1) is 6.92 Å². The fraction of sp³-hybridized carbons (Fsp3) is 0.0476. The summed E-state index contributed by atoms with van der Waals surface area (Å²) in [4.78, 5) is 8.76. The summed E-state index contributed by atoms with van der Waals surface area (Å²) >= 11 is 6.34. The van der Waals surface area contributed by atoms with Crippen molar-refractivity contribution in [2.45, 2.75) is 6.92 Å². The van der Waals surface area contributed by atoms with Crippen LogP contribution in [-0.4, -0.2) is 26.5 Å². The molecule has 0 spiro atoms. The molecule has 0 fully saturated rings. The lowest BCUT2D eigenvalue weighted by molar-refractivity contribution is 0.442. The molecule has 146 valence electrons. The average molecular weight is 518 g/mol. The summed E-state index contributed by atoms with van der Waals surface area (Å²) < 4.78 is 6.34. The van der Waals surface area contributed by atoms with Gasteiger partial charge in [-0.15, -0.1) is 0 Å². The van der Waals surface area contributed by atoms with Crippen LogP contribution in [0.1, 0.15) is 11.1 Å². The summed E-state index contributed by atoms with van der Waals surface area (Å²) in [6.45, 7) is 1.95. The minimum atomic E-state index is -0.142. The normalized spacial score (nSPS) is 11.6. The van der Waals surface area contributed by atoms with E-state index >= 15 is 0 Å². The molecule has 0 aliphatic carbocycles. The number of nitrogens with zero attached hydrogens (tertiary/aromatic N) is 2. The molecule has 4 rings (SSSR count). The fourth-order valence-electron chi connectivity index (χ4n) is 2.84. The van der Waals surface area contributed by atoms with Crippen molar-refractivity contribution in [2.24, 2.45) is 4.99 Å². The predicted molar refractivity (Wildman–Crippen MR) is 118 cm³/mol. The van der Waals surface area contributed by atoms with Gasteiger partial charge in [-0.3, -0.25) is 4.99 Å². The second kappa shape index (κ2) is 7.53. The van der Waals surface area contributed by atoms with Gasteiger partial charge in [-0.25, -0.2) is 4.98 Å². The number of rotatable bonds is 3. The predicted octanol–water partition coefficient (Wildman–Crippen LogP) is 6.20. The molecular weight excluding hydrogens is 504 g/mol. The Morgan fingerprint density at radius 3 is 2.55 bits per heavy atom. The van der Waals surface area contributed by atoms with Crippen molar-refractivity contribution in [1.82, 2.24) is 4.98 Å². The van der Waals surface area contributed by atoms with Crippen molar-refractivity contribution in [3.05, 3.63) is 62.5 Å². The smallest absolute Gasteiger partial charge is 0.231 e. The molecular formula is C21H14Br2N2O4. The topological polar surface area (TPSA) is 99.1 Å². The fourth-order valence-corrected chi connectivity index (χ4v) is 4.00. The maximum absolute atomic E-state index is 10.4. The van der Waals surface area contributed by atoms with Gasteiger partial charge in [0.25, 0.3) is 0 Å². The van der Waals surface area contributed by atoms with Crippen LogP contribution in [-0.2, 0) is 0 Å². The minimum Gasteiger partial charge on any atom is -0.507 e. The van der Waals surface area contributed by atoms with Crippen molar-refractivity contribution >= 4 is 54.9 Å². The molecule has 8 heteroatoms. The zero-order valence-corrected chi connectivity index (χ0v) is 18.2. The maximum atomic E-state index is 10.4. The van der Waals surface area contributed by atoms with Gasteiger partial charge in [-0.1, -0.05) is 12.1 Å². The molecule has 0 aliphatic rings. The summed E-state index contributed by atoms with van der Waals surface area (Å²) in [5, 5.41) is 30.4. The molecule has 1 aromatic heterocycles. The Morgan fingerprint density at radius 2 is 1.83 bits per heavy atom. The quantitative estimate of drug-likeness (QED) is 0.281. The van der Waals surface area contributed by atoms with Crippen LogP contribution in [0.3, 0.4) is 0 Å². The highest BCUT2D eigenvalue weighted by Gasteiger charge is 2.15. The first kappa shape index (κ1) is 19.5. The van der Waals surface area contributed by atoms with Gasteiger partial charge in [0.2, 0.25) is 5.89 Å². The highest BCUT2D eigenvalue weighted by atomic mass is 79.9. The Labute approximate surface area is 182 Å². The molecule has 0 bridgehead atoms. The van der Waals surface area contributed by atoms with E-state index in [1.165, 1.54) is 18.3 Å². The van der Waals surface area contributed by atoms with E-state index < -0.39 is 0 Å². The molecule has 1 heterocycles. The Morgan fingerprint density at radius 1 is 1.03 bits per heavy atom. The first-order valence-corrected chi connectivity index (χ1v) is 10.1. The molecule has 3 aromatic carbocycles. The molecule has 0 amide bonds. The van der Waals surface area contributed by atoms with Crippen LogP contribution < -0.4 is 0 Å². The first-order valence-electron chi connectivity index (χ1n) is 8.48. The van der Waals surface area contributed by atoms with Crippen molar-refractivity contribution in [1.29, 1.82) is 0 Å². The van der Waals surface area contributed by atoms with Crippen LogP contribution in [0.2, 0.25) is 0 Å². The van der Waals surface area contributed by atoms with Gasteiger partial charge in [0.05, 0.1) is 15.7 Å². The van der Waals surface area contributed by atoms with Gasteiger partial charge in [0.1, 0.15) is 27.2 Å². The van der Waals surface area contributed by atoms with Gasteiger partial charge in [0, 0.05) is 17.8 Å². The van der Waals surface area contributed by atoms with Crippen LogP contribution in [0.4, 0.5) is 5.69 Å². The van der Waals surface area contributed by atoms with Crippen LogP contribution in [0.25, 0.3) is 22.6 Å². The number of hydrogen-bond donors (Lipinski definition) is 3. The molecule has 0 saturated heterocycles. The third-order valence-corrected chi connectivity index (χ3v) is 5.74. The maximum Gasteiger partial charge on any atom is 0.231 e. The number of para-hydroxylation sites is 1. The highest BCUT2D eigenvalue weighted by molar-refractivity contribution is 9.11. The number of phenols is 3. The van der Waals surface area contributed by atoms with Gasteiger partial charge >= 0.3 is 0 Å². The number of fused-ring (bicyclic) bond motifs is 1. The minimum absolute atomic E-state index is 0.0267. The van der Waals surface area contributed by atoms with E-state index in [2.05, 4.69) is 41.8 Å². The summed E-state index contributed by atoms with van der Waals surface area (Å²) in [6.07, 6.45) is 1.43. The molecule has 0 saturated carbocycles. The number of phenolic OH excluding ortho intramolecular Hbond substituents is 3. The molecule has 0 atom stereocenters. The molecule has 29 heavy (non-hydrogen) atoms. The van der Waals surface area contributed by atoms with Crippen LogP contribution in [0.15, 0.2) is 60.8 Å². The number of aryl methyl sites for hydroxylation is 1. The van der Waals surface area contributed by atoms with E-state index in [4.69, 9.17) is 4.42 Å². The highest BCUT2D eigenvalue weighted by Crippen LogP contribution is 2.41. The summed E-state index contributed by atoms with van der Waals surface area (Å²) in [5.74, 6) is 0.0554. The Bertz CT molecular complexity index is 1280. The van der Waals surface area contributed by atoms with Crippen LogP contribution in [0.5, 0.6) is 17.2 Å². The molecule has 0 aliphatic heterocycles.